The molecule has 0 saturated carbocycles. The average molecular weight is 296 g/mol. The minimum atomic E-state index is -0.795. The fourth-order valence-electron chi connectivity index (χ4n) is 2.24. The highest BCUT2D eigenvalue weighted by Crippen LogP contribution is 2.17. The molecule has 2 aromatic carbocycles. The summed E-state index contributed by atoms with van der Waals surface area (Å²) in [6, 6.07) is 18.4. The second kappa shape index (κ2) is 8.13. The Hall–Kier alpha value is -2.42. The zero-order valence-electron chi connectivity index (χ0n) is 12.7. The summed E-state index contributed by atoms with van der Waals surface area (Å²) in [7, 11) is 0. The van der Waals surface area contributed by atoms with E-state index in [1.54, 1.807) is 24.3 Å². The number of Topliss-reactive ketones (excluding diaryl/α,β-unsaturated/α-hetero) is 1. The molecule has 0 radical (unpaired) electrons. The first kappa shape index (κ1) is 16.0. The van der Waals surface area contributed by atoms with Crippen LogP contribution in [0, 0.1) is 5.92 Å². The maximum atomic E-state index is 12.7. The van der Waals surface area contributed by atoms with E-state index in [0.717, 1.165) is 12.0 Å². The zero-order valence-corrected chi connectivity index (χ0v) is 12.7. The Morgan fingerprint density at radius 1 is 0.955 bits per heavy atom. The summed E-state index contributed by atoms with van der Waals surface area (Å²) in [6.07, 6.45) is 1.10. The van der Waals surface area contributed by atoms with Gasteiger partial charge in [-0.25, -0.2) is 0 Å². The van der Waals surface area contributed by atoms with Gasteiger partial charge in [-0.05, 0) is 18.4 Å². The van der Waals surface area contributed by atoms with Crippen LogP contribution in [0.5, 0.6) is 0 Å². The number of carbonyl (C=O) groups is 2. The number of rotatable bonds is 7. The van der Waals surface area contributed by atoms with E-state index in [0.29, 0.717) is 18.6 Å². The van der Waals surface area contributed by atoms with Crippen molar-refractivity contribution in [2.45, 2.75) is 19.8 Å². The van der Waals surface area contributed by atoms with E-state index in [1.165, 1.54) is 0 Å². The lowest BCUT2D eigenvalue weighted by Gasteiger charge is -2.15. The van der Waals surface area contributed by atoms with Gasteiger partial charge in [0.25, 0.3) is 0 Å². The Bertz CT molecular complexity index is 605. The van der Waals surface area contributed by atoms with Crippen molar-refractivity contribution in [2.75, 3.05) is 6.61 Å². The topological polar surface area (TPSA) is 43.4 Å². The number of ketones is 1. The first-order valence-electron chi connectivity index (χ1n) is 7.52. The predicted molar refractivity (Wildman–Crippen MR) is 85.7 cm³/mol. The Balaban J connectivity index is 2.21. The summed E-state index contributed by atoms with van der Waals surface area (Å²) in [6.45, 7) is 2.27. The molecule has 2 aromatic rings. The molecule has 0 aliphatic carbocycles. The van der Waals surface area contributed by atoms with Crippen molar-refractivity contribution in [2.24, 2.45) is 5.92 Å². The van der Waals surface area contributed by atoms with Crippen LogP contribution in [0.15, 0.2) is 60.7 Å². The van der Waals surface area contributed by atoms with Crippen molar-refractivity contribution >= 4 is 11.8 Å². The van der Waals surface area contributed by atoms with Gasteiger partial charge in [0, 0.05) is 5.56 Å². The predicted octanol–water partition coefficient (Wildman–Crippen LogP) is 3.68. The Kier molecular flexibility index (Phi) is 5.90. The van der Waals surface area contributed by atoms with Gasteiger partial charge in [-0.1, -0.05) is 67.6 Å². The fourth-order valence-corrected chi connectivity index (χ4v) is 2.24. The number of carbonyl (C=O) groups excluding carboxylic acids is 2. The minimum Gasteiger partial charge on any atom is -0.465 e. The summed E-state index contributed by atoms with van der Waals surface area (Å²) in [5.41, 5.74) is 1.49. The van der Waals surface area contributed by atoms with Crippen molar-refractivity contribution in [1.29, 1.82) is 0 Å². The molecule has 0 heterocycles. The van der Waals surface area contributed by atoms with Crippen LogP contribution in [-0.2, 0) is 16.0 Å². The molecule has 0 amide bonds. The fraction of sp³-hybridized carbons (Fsp3) is 0.263. The molecule has 0 spiro atoms. The average Bonchev–Trinajstić information content (AvgIpc) is 2.58. The highest BCUT2D eigenvalue weighted by molar-refractivity contribution is 6.08. The molecule has 0 bridgehead atoms. The number of hydrogen-bond donors (Lipinski definition) is 0. The molecule has 1 atom stereocenters. The van der Waals surface area contributed by atoms with Crippen LogP contribution in [0.25, 0.3) is 0 Å². The van der Waals surface area contributed by atoms with Crippen molar-refractivity contribution < 1.29 is 14.3 Å². The van der Waals surface area contributed by atoms with E-state index in [1.807, 2.05) is 43.3 Å². The van der Waals surface area contributed by atoms with E-state index >= 15 is 0 Å². The highest BCUT2D eigenvalue weighted by Gasteiger charge is 2.29. The third kappa shape index (κ3) is 4.29. The quantitative estimate of drug-likeness (QED) is 0.445. The van der Waals surface area contributed by atoms with Crippen LogP contribution in [0.1, 0.15) is 29.3 Å². The summed E-state index contributed by atoms with van der Waals surface area (Å²) < 4.78 is 5.21. The molecule has 0 aliphatic rings. The molecule has 114 valence electrons. The normalized spacial score (nSPS) is 11.7. The molecule has 0 aromatic heterocycles. The number of hydrogen-bond acceptors (Lipinski definition) is 3. The molecule has 2 rings (SSSR count). The lowest BCUT2D eigenvalue weighted by Crippen LogP contribution is -2.28. The summed E-state index contributed by atoms with van der Waals surface area (Å²) >= 11 is 0. The van der Waals surface area contributed by atoms with Gasteiger partial charge in [0.05, 0.1) is 6.61 Å². The third-order valence-corrected chi connectivity index (χ3v) is 3.39. The van der Waals surface area contributed by atoms with Gasteiger partial charge < -0.3 is 4.74 Å². The highest BCUT2D eigenvalue weighted by atomic mass is 16.5. The van der Waals surface area contributed by atoms with E-state index in [4.69, 9.17) is 4.74 Å². The molecule has 0 aliphatic heterocycles. The lowest BCUT2D eigenvalue weighted by molar-refractivity contribution is -0.146. The molecule has 1 unspecified atom stereocenters. The van der Waals surface area contributed by atoms with Gasteiger partial charge in [0.2, 0.25) is 0 Å². The van der Waals surface area contributed by atoms with Crippen molar-refractivity contribution in [3.8, 4) is 0 Å². The molecular formula is C19H20O3. The molecule has 3 heteroatoms. The largest absolute Gasteiger partial charge is 0.465 e. The SMILES string of the molecule is CCCOC(=O)C(Cc1ccccc1)C(=O)c1ccccc1. The van der Waals surface area contributed by atoms with Crippen molar-refractivity contribution in [3.63, 3.8) is 0 Å². The second-order valence-electron chi connectivity index (χ2n) is 5.14. The van der Waals surface area contributed by atoms with Crippen molar-refractivity contribution in [3.05, 3.63) is 71.8 Å². The number of benzene rings is 2. The zero-order chi connectivity index (χ0) is 15.8. The molecule has 22 heavy (non-hydrogen) atoms. The maximum Gasteiger partial charge on any atom is 0.317 e. The van der Waals surface area contributed by atoms with Gasteiger partial charge in [-0.15, -0.1) is 0 Å². The van der Waals surface area contributed by atoms with E-state index < -0.39 is 11.9 Å². The minimum absolute atomic E-state index is 0.189. The lowest BCUT2D eigenvalue weighted by atomic mass is 9.91. The number of ether oxygens (including phenoxy) is 1. The molecular weight excluding hydrogens is 276 g/mol. The monoisotopic (exact) mass is 296 g/mol. The summed E-state index contributed by atoms with van der Waals surface area (Å²) in [4.78, 5) is 24.9. The Labute approximate surface area is 130 Å². The Morgan fingerprint density at radius 2 is 1.55 bits per heavy atom. The Morgan fingerprint density at radius 3 is 2.14 bits per heavy atom. The van der Waals surface area contributed by atoms with Gasteiger partial charge in [0.15, 0.2) is 5.78 Å². The number of esters is 1. The molecule has 3 nitrogen and oxygen atoms in total. The van der Waals surface area contributed by atoms with Gasteiger partial charge >= 0.3 is 5.97 Å². The van der Waals surface area contributed by atoms with E-state index in [-0.39, 0.29) is 5.78 Å². The smallest absolute Gasteiger partial charge is 0.317 e. The van der Waals surface area contributed by atoms with Crippen LogP contribution in [0.3, 0.4) is 0 Å². The first-order valence-corrected chi connectivity index (χ1v) is 7.52. The van der Waals surface area contributed by atoms with Crippen LogP contribution in [-0.4, -0.2) is 18.4 Å². The molecule has 0 saturated heterocycles. The first-order chi connectivity index (χ1) is 10.7. The maximum absolute atomic E-state index is 12.7. The van der Waals surface area contributed by atoms with Crippen LogP contribution in [0.4, 0.5) is 0 Å². The second-order valence-corrected chi connectivity index (χ2v) is 5.14. The third-order valence-electron chi connectivity index (χ3n) is 3.39. The molecule has 0 N–H and O–H groups in total. The summed E-state index contributed by atoms with van der Waals surface area (Å²) in [5.74, 6) is -1.43. The van der Waals surface area contributed by atoms with Gasteiger partial charge in [-0.2, -0.15) is 0 Å². The van der Waals surface area contributed by atoms with Crippen LogP contribution >= 0.6 is 0 Å². The standard InChI is InChI=1S/C19H20O3/c1-2-13-22-19(21)17(14-15-9-5-3-6-10-15)18(20)16-11-7-4-8-12-16/h3-12,17H,2,13-14H2,1H3. The van der Waals surface area contributed by atoms with Crippen LogP contribution in [0.2, 0.25) is 0 Å². The van der Waals surface area contributed by atoms with Gasteiger partial charge in [0.1, 0.15) is 5.92 Å². The molecule has 0 fully saturated rings. The van der Waals surface area contributed by atoms with E-state index in [2.05, 4.69) is 0 Å². The van der Waals surface area contributed by atoms with E-state index in [9.17, 15) is 9.59 Å². The van der Waals surface area contributed by atoms with Gasteiger partial charge in [-0.3, -0.25) is 9.59 Å². The van der Waals surface area contributed by atoms with Crippen LogP contribution < -0.4 is 0 Å². The van der Waals surface area contributed by atoms with Crippen molar-refractivity contribution in [1.82, 2.24) is 0 Å². The summed E-state index contributed by atoms with van der Waals surface area (Å²) in [5, 5.41) is 0.